The number of Topliss-reactive ketones (excluding diaryl/α,β-unsaturated/α-hetero) is 1. The molecule has 0 atom stereocenters. The van der Waals surface area contributed by atoms with Gasteiger partial charge in [-0.15, -0.1) is 0 Å². The number of hydrogen-bond donors (Lipinski definition) is 0. The van der Waals surface area contributed by atoms with Gasteiger partial charge in [0.1, 0.15) is 5.75 Å². The van der Waals surface area contributed by atoms with Crippen molar-refractivity contribution in [1.82, 2.24) is 0 Å². The van der Waals surface area contributed by atoms with Crippen molar-refractivity contribution in [2.24, 2.45) is 0 Å². The van der Waals surface area contributed by atoms with E-state index in [1.165, 1.54) is 0 Å². The zero-order valence-electron chi connectivity index (χ0n) is 11.0. The van der Waals surface area contributed by atoms with E-state index in [2.05, 4.69) is 0 Å². The summed E-state index contributed by atoms with van der Waals surface area (Å²) >= 11 is 0. The molecule has 0 N–H and O–H groups in total. The standard InChI is InChI=1S/C14H17F3O2/c1-10-6-7-12(11(2)9-10)19-8-4-3-5-13(18)14(15,16)17/h6-7,9H,3-5,8H2,1-2H3. The van der Waals surface area contributed by atoms with Crippen molar-refractivity contribution in [3.05, 3.63) is 29.3 Å². The second-order valence-corrected chi connectivity index (χ2v) is 4.50. The van der Waals surface area contributed by atoms with Crippen molar-refractivity contribution < 1.29 is 22.7 Å². The molecule has 0 bridgehead atoms. The van der Waals surface area contributed by atoms with E-state index in [-0.39, 0.29) is 6.42 Å². The summed E-state index contributed by atoms with van der Waals surface area (Å²) in [6.45, 7) is 4.20. The second-order valence-electron chi connectivity index (χ2n) is 4.50. The Morgan fingerprint density at radius 3 is 2.47 bits per heavy atom. The Kier molecular flexibility index (Phi) is 5.39. The van der Waals surface area contributed by atoms with Gasteiger partial charge in [0, 0.05) is 6.42 Å². The number of carbonyl (C=O) groups is 1. The summed E-state index contributed by atoms with van der Waals surface area (Å²) in [7, 11) is 0. The number of carbonyl (C=O) groups excluding carboxylic acids is 1. The Morgan fingerprint density at radius 2 is 1.89 bits per heavy atom. The molecule has 1 aromatic carbocycles. The van der Waals surface area contributed by atoms with E-state index in [0.29, 0.717) is 13.0 Å². The van der Waals surface area contributed by atoms with Gasteiger partial charge in [0.2, 0.25) is 5.78 Å². The predicted molar refractivity (Wildman–Crippen MR) is 66.3 cm³/mol. The molecule has 0 fully saturated rings. The van der Waals surface area contributed by atoms with Crippen molar-refractivity contribution >= 4 is 5.78 Å². The Balaban J connectivity index is 2.26. The van der Waals surface area contributed by atoms with E-state index in [9.17, 15) is 18.0 Å². The summed E-state index contributed by atoms with van der Waals surface area (Å²) in [6, 6.07) is 5.73. The number of alkyl halides is 3. The van der Waals surface area contributed by atoms with Crippen LogP contribution in [-0.4, -0.2) is 18.6 Å². The van der Waals surface area contributed by atoms with E-state index < -0.39 is 18.4 Å². The third-order valence-corrected chi connectivity index (χ3v) is 2.70. The predicted octanol–water partition coefficient (Wildman–Crippen LogP) is 3.98. The summed E-state index contributed by atoms with van der Waals surface area (Å²) in [6.07, 6.45) is -4.58. The molecule has 0 saturated heterocycles. The molecule has 1 rings (SSSR count). The summed E-state index contributed by atoms with van der Waals surface area (Å²) in [5.41, 5.74) is 2.12. The van der Waals surface area contributed by atoms with Crippen LogP contribution in [0.25, 0.3) is 0 Å². The van der Waals surface area contributed by atoms with Crippen LogP contribution in [0.3, 0.4) is 0 Å². The number of halogens is 3. The Labute approximate surface area is 110 Å². The van der Waals surface area contributed by atoms with Gasteiger partial charge in [-0.3, -0.25) is 4.79 Å². The van der Waals surface area contributed by atoms with Crippen molar-refractivity contribution in [3.8, 4) is 5.75 Å². The van der Waals surface area contributed by atoms with Gasteiger partial charge in [0.25, 0.3) is 0 Å². The lowest BCUT2D eigenvalue weighted by Gasteiger charge is -2.09. The largest absolute Gasteiger partial charge is 0.493 e. The molecule has 0 aliphatic rings. The van der Waals surface area contributed by atoms with E-state index in [0.717, 1.165) is 16.9 Å². The number of benzene rings is 1. The molecule has 0 heterocycles. The molecule has 19 heavy (non-hydrogen) atoms. The first-order chi connectivity index (χ1) is 8.80. The number of hydrogen-bond acceptors (Lipinski definition) is 2. The van der Waals surface area contributed by atoms with Gasteiger partial charge < -0.3 is 4.74 Å². The van der Waals surface area contributed by atoms with E-state index in [1.54, 1.807) is 0 Å². The normalized spacial score (nSPS) is 11.4. The summed E-state index contributed by atoms with van der Waals surface area (Å²) < 4.78 is 41.3. The van der Waals surface area contributed by atoms with Crippen molar-refractivity contribution in [2.45, 2.75) is 39.3 Å². The van der Waals surface area contributed by atoms with Gasteiger partial charge in [-0.2, -0.15) is 13.2 Å². The van der Waals surface area contributed by atoms with Gasteiger partial charge in [-0.05, 0) is 38.3 Å². The van der Waals surface area contributed by atoms with Crippen LogP contribution in [-0.2, 0) is 4.79 Å². The highest BCUT2D eigenvalue weighted by molar-refractivity contribution is 5.83. The lowest BCUT2D eigenvalue weighted by Crippen LogP contribution is -2.22. The van der Waals surface area contributed by atoms with E-state index in [4.69, 9.17) is 4.74 Å². The molecule has 2 nitrogen and oxygen atoms in total. The Hall–Kier alpha value is -1.52. The quantitative estimate of drug-likeness (QED) is 0.733. The van der Waals surface area contributed by atoms with Gasteiger partial charge in [-0.25, -0.2) is 0 Å². The molecular weight excluding hydrogens is 257 g/mol. The van der Waals surface area contributed by atoms with E-state index >= 15 is 0 Å². The fraction of sp³-hybridized carbons (Fsp3) is 0.500. The zero-order chi connectivity index (χ0) is 14.5. The first-order valence-corrected chi connectivity index (χ1v) is 6.11. The summed E-state index contributed by atoms with van der Waals surface area (Å²) in [4.78, 5) is 10.6. The van der Waals surface area contributed by atoms with Crippen molar-refractivity contribution in [3.63, 3.8) is 0 Å². The van der Waals surface area contributed by atoms with Crippen LogP contribution in [0.5, 0.6) is 5.75 Å². The van der Waals surface area contributed by atoms with E-state index in [1.807, 2.05) is 32.0 Å². The molecule has 0 amide bonds. The van der Waals surface area contributed by atoms with Crippen LogP contribution < -0.4 is 4.74 Å². The summed E-state index contributed by atoms with van der Waals surface area (Å²) in [5, 5.41) is 0. The third-order valence-electron chi connectivity index (χ3n) is 2.70. The van der Waals surface area contributed by atoms with Crippen LogP contribution in [0.2, 0.25) is 0 Å². The maximum atomic E-state index is 11.9. The number of unbranched alkanes of at least 4 members (excludes halogenated alkanes) is 1. The SMILES string of the molecule is Cc1ccc(OCCCCC(=O)C(F)(F)F)c(C)c1. The Morgan fingerprint density at radius 1 is 1.21 bits per heavy atom. The molecule has 0 saturated carbocycles. The van der Waals surface area contributed by atoms with Crippen LogP contribution in [0.4, 0.5) is 13.2 Å². The zero-order valence-corrected chi connectivity index (χ0v) is 11.0. The molecule has 0 aliphatic carbocycles. The lowest BCUT2D eigenvalue weighted by atomic mass is 10.1. The van der Waals surface area contributed by atoms with Crippen LogP contribution in [0, 0.1) is 13.8 Å². The highest BCUT2D eigenvalue weighted by Crippen LogP contribution is 2.20. The van der Waals surface area contributed by atoms with Crippen LogP contribution in [0.1, 0.15) is 30.4 Å². The molecule has 0 aliphatic heterocycles. The lowest BCUT2D eigenvalue weighted by molar-refractivity contribution is -0.171. The number of ketones is 1. The van der Waals surface area contributed by atoms with Crippen LogP contribution >= 0.6 is 0 Å². The Bertz CT molecular complexity index is 439. The van der Waals surface area contributed by atoms with Gasteiger partial charge in [0.05, 0.1) is 6.61 Å². The third kappa shape index (κ3) is 5.32. The number of rotatable bonds is 6. The van der Waals surface area contributed by atoms with Gasteiger partial charge >= 0.3 is 6.18 Å². The molecular formula is C14H17F3O2. The molecule has 1 aromatic rings. The monoisotopic (exact) mass is 274 g/mol. The maximum absolute atomic E-state index is 11.9. The molecule has 0 radical (unpaired) electrons. The number of ether oxygens (including phenoxy) is 1. The van der Waals surface area contributed by atoms with Crippen molar-refractivity contribution in [2.75, 3.05) is 6.61 Å². The topological polar surface area (TPSA) is 26.3 Å². The molecule has 0 spiro atoms. The maximum Gasteiger partial charge on any atom is 0.449 e. The van der Waals surface area contributed by atoms with Crippen LogP contribution in [0.15, 0.2) is 18.2 Å². The molecule has 0 aromatic heterocycles. The molecule has 106 valence electrons. The second kappa shape index (κ2) is 6.59. The molecule has 5 heteroatoms. The highest BCUT2D eigenvalue weighted by Gasteiger charge is 2.37. The minimum atomic E-state index is -4.71. The summed E-state index contributed by atoms with van der Waals surface area (Å²) in [5.74, 6) is -0.938. The molecule has 0 unspecified atom stereocenters. The average Bonchev–Trinajstić information content (AvgIpc) is 2.29. The average molecular weight is 274 g/mol. The fourth-order valence-corrected chi connectivity index (χ4v) is 1.67. The number of aryl methyl sites for hydroxylation is 2. The van der Waals surface area contributed by atoms with Gasteiger partial charge in [0.15, 0.2) is 0 Å². The first kappa shape index (κ1) is 15.5. The minimum Gasteiger partial charge on any atom is -0.493 e. The van der Waals surface area contributed by atoms with Crippen molar-refractivity contribution in [1.29, 1.82) is 0 Å². The van der Waals surface area contributed by atoms with Gasteiger partial charge in [-0.1, -0.05) is 17.7 Å². The smallest absolute Gasteiger partial charge is 0.449 e. The minimum absolute atomic E-state index is 0.184. The highest BCUT2D eigenvalue weighted by atomic mass is 19.4. The first-order valence-electron chi connectivity index (χ1n) is 6.11. The fourth-order valence-electron chi connectivity index (χ4n) is 1.67.